The molecule has 0 bridgehead atoms. The maximum absolute atomic E-state index is 4.49. The van der Waals surface area contributed by atoms with Crippen molar-refractivity contribution in [2.45, 2.75) is 46.1 Å². The molecule has 2 aromatic rings. The van der Waals surface area contributed by atoms with Crippen molar-refractivity contribution in [1.82, 2.24) is 30.4 Å². The average molecular weight is 477 g/mol. The second-order valence-corrected chi connectivity index (χ2v) is 6.50. The van der Waals surface area contributed by atoms with E-state index in [2.05, 4.69) is 47.7 Å². The van der Waals surface area contributed by atoms with E-state index in [9.17, 15) is 0 Å². The van der Waals surface area contributed by atoms with Crippen molar-refractivity contribution in [3.63, 3.8) is 0 Å². The van der Waals surface area contributed by atoms with Gasteiger partial charge in [-0.3, -0.25) is 4.99 Å². The summed E-state index contributed by atoms with van der Waals surface area (Å²) in [5, 5.41) is 18.0. The third-order valence-corrected chi connectivity index (χ3v) is 4.68. The lowest BCUT2D eigenvalue weighted by molar-refractivity contribution is 0.627. The number of unbranched alkanes of at least 4 members (excludes halogenated alkanes) is 1. The molecular weight excluding hydrogens is 449 g/mol. The Bertz CT molecular complexity index is 638. The molecule has 0 saturated carbocycles. The highest BCUT2D eigenvalue weighted by Gasteiger charge is 2.02. The summed E-state index contributed by atoms with van der Waals surface area (Å²) in [5.74, 6) is 1.85. The molecule has 0 saturated heterocycles. The summed E-state index contributed by atoms with van der Waals surface area (Å²) in [6.07, 6.45) is 5.96. The maximum atomic E-state index is 4.49. The molecule has 0 aliphatic rings. The van der Waals surface area contributed by atoms with Crippen LogP contribution in [0.1, 0.15) is 36.3 Å². The van der Waals surface area contributed by atoms with Crippen LogP contribution in [-0.2, 0) is 19.4 Å². The van der Waals surface area contributed by atoms with E-state index in [1.807, 2.05) is 6.92 Å². The van der Waals surface area contributed by atoms with Gasteiger partial charge in [0.05, 0.1) is 5.01 Å². The fraction of sp³-hybridized carbons (Fsp3) is 0.625. The number of hydrogen-bond donors (Lipinski definition) is 2. The van der Waals surface area contributed by atoms with Crippen LogP contribution in [0.4, 0.5) is 0 Å². The highest BCUT2D eigenvalue weighted by atomic mass is 127. The van der Waals surface area contributed by atoms with E-state index in [1.165, 1.54) is 5.01 Å². The predicted molar refractivity (Wildman–Crippen MR) is 114 cm³/mol. The Morgan fingerprint density at radius 3 is 2.76 bits per heavy atom. The first kappa shape index (κ1) is 21.8. The Morgan fingerprint density at radius 1 is 1.28 bits per heavy atom. The number of halogens is 1. The van der Waals surface area contributed by atoms with Crippen LogP contribution in [0.2, 0.25) is 0 Å². The van der Waals surface area contributed by atoms with Crippen molar-refractivity contribution in [2.24, 2.45) is 4.99 Å². The van der Waals surface area contributed by atoms with Gasteiger partial charge < -0.3 is 15.2 Å². The molecule has 0 amide bonds. The summed E-state index contributed by atoms with van der Waals surface area (Å²) in [6.45, 7) is 6.67. The second kappa shape index (κ2) is 12.2. The largest absolute Gasteiger partial charge is 0.356 e. The van der Waals surface area contributed by atoms with Gasteiger partial charge in [-0.2, -0.15) is 0 Å². The number of thiazole rings is 1. The standard InChI is InChI=1S/C16H27N7S.HI/c1-4-14-22-20-12-23(14)10-9-19-16(17-3)18-8-6-5-7-15-21-13(2)11-24-15;/h11-12H,4-10H2,1-3H3,(H2,17,18,19);1H. The Morgan fingerprint density at radius 2 is 2.08 bits per heavy atom. The van der Waals surface area contributed by atoms with Crippen molar-refractivity contribution in [3.05, 3.63) is 28.2 Å². The van der Waals surface area contributed by atoms with Crippen molar-refractivity contribution in [2.75, 3.05) is 20.1 Å². The number of nitrogens with one attached hydrogen (secondary N) is 2. The molecule has 7 nitrogen and oxygen atoms in total. The van der Waals surface area contributed by atoms with Gasteiger partial charge in [0.1, 0.15) is 12.2 Å². The van der Waals surface area contributed by atoms with Crippen molar-refractivity contribution < 1.29 is 0 Å². The van der Waals surface area contributed by atoms with Crippen molar-refractivity contribution >= 4 is 41.3 Å². The fourth-order valence-corrected chi connectivity index (χ4v) is 3.20. The number of aromatic nitrogens is 4. The smallest absolute Gasteiger partial charge is 0.191 e. The van der Waals surface area contributed by atoms with E-state index in [4.69, 9.17) is 0 Å². The van der Waals surface area contributed by atoms with Gasteiger partial charge >= 0.3 is 0 Å². The highest BCUT2D eigenvalue weighted by molar-refractivity contribution is 14.0. The molecule has 2 aromatic heterocycles. The lowest BCUT2D eigenvalue weighted by Gasteiger charge is -2.12. The monoisotopic (exact) mass is 477 g/mol. The molecule has 0 fully saturated rings. The van der Waals surface area contributed by atoms with Crippen LogP contribution in [0.25, 0.3) is 0 Å². The van der Waals surface area contributed by atoms with Crippen LogP contribution in [0.15, 0.2) is 16.7 Å². The van der Waals surface area contributed by atoms with Gasteiger partial charge in [-0.25, -0.2) is 4.98 Å². The lowest BCUT2D eigenvalue weighted by Crippen LogP contribution is -2.39. The normalized spacial score (nSPS) is 11.2. The minimum atomic E-state index is 0. The number of hydrogen-bond acceptors (Lipinski definition) is 5. The van der Waals surface area contributed by atoms with Gasteiger partial charge in [0.15, 0.2) is 5.96 Å². The summed E-state index contributed by atoms with van der Waals surface area (Å²) in [4.78, 5) is 8.74. The second-order valence-electron chi connectivity index (χ2n) is 5.56. The predicted octanol–water partition coefficient (Wildman–Crippen LogP) is 2.41. The first-order valence-corrected chi connectivity index (χ1v) is 9.33. The zero-order chi connectivity index (χ0) is 17.2. The van der Waals surface area contributed by atoms with Crippen LogP contribution < -0.4 is 10.6 Å². The topological polar surface area (TPSA) is 80.0 Å². The number of nitrogens with zero attached hydrogens (tertiary/aromatic N) is 5. The molecule has 9 heteroatoms. The van der Waals surface area contributed by atoms with Crippen LogP contribution in [0.5, 0.6) is 0 Å². The molecule has 2 N–H and O–H groups in total. The zero-order valence-corrected chi connectivity index (χ0v) is 18.3. The summed E-state index contributed by atoms with van der Waals surface area (Å²) in [5.41, 5.74) is 1.12. The van der Waals surface area contributed by atoms with Crippen molar-refractivity contribution in [3.8, 4) is 0 Å². The van der Waals surface area contributed by atoms with Gasteiger partial charge in [-0.05, 0) is 26.2 Å². The lowest BCUT2D eigenvalue weighted by atomic mass is 10.2. The van der Waals surface area contributed by atoms with E-state index in [1.54, 1.807) is 24.7 Å². The summed E-state index contributed by atoms with van der Waals surface area (Å²) >= 11 is 1.75. The first-order valence-electron chi connectivity index (χ1n) is 8.45. The molecule has 0 aliphatic heterocycles. The molecule has 0 radical (unpaired) electrons. The molecule has 140 valence electrons. The molecule has 2 heterocycles. The molecule has 0 aliphatic carbocycles. The van der Waals surface area contributed by atoms with Crippen molar-refractivity contribution in [1.29, 1.82) is 0 Å². The molecule has 0 atom stereocenters. The van der Waals surface area contributed by atoms with Gasteiger partial charge in [0.25, 0.3) is 0 Å². The van der Waals surface area contributed by atoms with E-state index >= 15 is 0 Å². The van der Waals surface area contributed by atoms with E-state index < -0.39 is 0 Å². The highest BCUT2D eigenvalue weighted by Crippen LogP contribution is 2.11. The van der Waals surface area contributed by atoms with Gasteiger partial charge in [0.2, 0.25) is 0 Å². The Balaban J connectivity index is 0.00000312. The molecular formula is C16H28IN7S. The third-order valence-electron chi connectivity index (χ3n) is 3.66. The number of aliphatic imine (C=N–C) groups is 1. The van der Waals surface area contributed by atoms with Gasteiger partial charge in [-0.1, -0.05) is 6.92 Å². The molecule has 25 heavy (non-hydrogen) atoms. The fourth-order valence-electron chi connectivity index (χ4n) is 2.38. The summed E-state index contributed by atoms with van der Waals surface area (Å²) in [6, 6.07) is 0. The first-order chi connectivity index (χ1) is 11.7. The Labute approximate surface area is 170 Å². The average Bonchev–Trinajstić information content (AvgIpc) is 3.21. The van der Waals surface area contributed by atoms with Gasteiger partial charge in [-0.15, -0.1) is 45.5 Å². The minimum Gasteiger partial charge on any atom is -0.356 e. The van der Waals surface area contributed by atoms with Crippen LogP contribution in [0, 0.1) is 6.92 Å². The van der Waals surface area contributed by atoms with E-state index in [-0.39, 0.29) is 24.0 Å². The maximum Gasteiger partial charge on any atom is 0.191 e. The van der Waals surface area contributed by atoms with Crippen LogP contribution >= 0.6 is 35.3 Å². The van der Waals surface area contributed by atoms with E-state index in [0.29, 0.717) is 0 Å². The van der Waals surface area contributed by atoms with Gasteiger partial charge in [0, 0.05) is 44.2 Å². The molecule has 0 unspecified atom stereocenters. The number of aryl methyl sites for hydroxylation is 3. The SMILES string of the molecule is CCc1nncn1CCNC(=NC)NCCCCc1nc(C)cs1.I. The zero-order valence-electron chi connectivity index (χ0n) is 15.2. The number of guanidine groups is 1. The molecule has 2 rings (SSSR count). The van der Waals surface area contributed by atoms with Crippen LogP contribution in [-0.4, -0.2) is 45.8 Å². The van der Waals surface area contributed by atoms with E-state index in [0.717, 1.165) is 62.8 Å². The summed E-state index contributed by atoms with van der Waals surface area (Å²) < 4.78 is 2.07. The Hall–Kier alpha value is -1.23. The number of rotatable bonds is 9. The molecule has 0 spiro atoms. The minimum absolute atomic E-state index is 0. The third kappa shape index (κ3) is 7.68. The quantitative estimate of drug-likeness (QED) is 0.251. The Kier molecular flexibility index (Phi) is 10.6. The van der Waals surface area contributed by atoms with Crippen LogP contribution in [0.3, 0.4) is 0 Å². The molecule has 0 aromatic carbocycles. The summed E-state index contributed by atoms with van der Waals surface area (Å²) in [7, 11) is 1.80.